The lowest BCUT2D eigenvalue weighted by molar-refractivity contribution is 0.425. The van der Waals surface area contributed by atoms with Gasteiger partial charge in [-0.05, 0) is 40.3 Å². The van der Waals surface area contributed by atoms with E-state index in [1.54, 1.807) is 0 Å². The molecule has 0 saturated heterocycles. The molecule has 0 radical (unpaired) electrons. The van der Waals surface area contributed by atoms with Crippen LogP contribution in [-0.4, -0.2) is 22.2 Å². The molecule has 0 atom stereocenters. The van der Waals surface area contributed by atoms with Crippen LogP contribution in [0.5, 0.6) is 0 Å². The quantitative estimate of drug-likeness (QED) is 0.626. The van der Waals surface area contributed by atoms with E-state index >= 15 is 0 Å². The number of hydrogen-bond donors (Lipinski definition) is 2. The van der Waals surface area contributed by atoms with E-state index in [0.29, 0.717) is 11.4 Å². The Morgan fingerprint density at radius 2 is 2.00 bits per heavy atom. The van der Waals surface area contributed by atoms with Gasteiger partial charge in [-0.1, -0.05) is 18.9 Å². The van der Waals surface area contributed by atoms with Crippen molar-refractivity contribution in [3.8, 4) is 0 Å². The Balaban J connectivity index is 2.31. The molecular formula is C10H13BBrNO2. The first-order valence-electron chi connectivity index (χ1n) is 5.20. The Kier molecular flexibility index (Phi) is 3.44. The van der Waals surface area contributed by atoms with Gasteiger partial charge in [-0.2, -0.15) is 0 Å². The highest BCUT2D eigenvalue weighted by Crippen LogP contribution is 2.36. The molecule has 0 spiro atoms. The van der Waals surface area contributed by atoms with Crippen LogP contribution in [-0.2, 0) is 0 Å². The van der Waals surface area contributed by atoms with Crippen molar-refractivity contribution >= 4 is 28.5 Å². The Bertz CT molecular complexity index is 353. The zero-order valence-electron chi connectivity index (χ0n) is 8.36. The summed E-state index contributed by atoms with van der Waals surface area (Å²) < 4.78 is 0.832. The van der Waals surface area contributed by atoms with Gasteiger partial charge in [0.25, 0.3) is 0 Å². The second-order valence-electron chi connectivity index (χ2n) is 4.00. The highest BCUT2D eigenvalue weighted by Gasteiger charge is 2.22. The summed E-state index contributed by atoms with van der Waals surface area (Å²) in [6, 6.07) is 1.84. The lowest BCUT2D eigenvalue weighted by Crippen LogP contribution is -2.30. The first-order chi connectivity index (χ1) is 7.18. The van der Waals surface area contributed by atoms with Crippen LogP contribution in [0, 0.1) is 0 Å². The van der Waals surface area contributed by atoms with E-state index < -0.39 is 7.12 Å². The first-order valence-corrected chi connectivity index (χ1v) is 5.99. The second kappa shape index (κ2) is 4.64. The average molecular weight is 270 g/mol. The molecule has 2 N–H and O–H groups in total. The second-order valence-corrected chi connectivity index (χ2v) is 4.75. The molecular weight excluding hydrogens is 257 g/mol. The van der Waals surface area contributed by atoms with Gasteiger partial charge >= 0.3 is 7.12 Å². The van der Waals surface area contributed by atoms with Gasteiger partial charge in [0.05, 0.1) is 0 Å². The molecule has 1 saturated carbocycles. The van der Waals surface area contributed by atoms with Crippen LogP contribution < -0.4 is 5.46 Å². The van der Waals surface area contributed by atoms with Crippen molar-refractivity contribution in [1.29, 1.82) is 0 Å². The molecule has 5 heteroatoms. The topological polar surface area (TPSA) is 53.4 Å². The summed E-state index contributed by atoms with van der Waals surface area (Å²) in [7, 11) is -1.43. The summed E-state index contributed by atoms with van der Waals surface area (Å²) in [6.45, 7) is 0. The lowest BCUT2D eigenvalue weighted by atomic mass is 9.80. The van der Waals surface area contributed by atoms with Gasteiger partial charge in [0.15, 0.2) is 0 Å². The third-order valence-electron chi connectivity index (χ3n) is 2.98. The van der Waals surface area contributed by atoms with Crippen molar-refractivity contribution in [3.05, 3.63) is 22.4 Å². The lowest BCUT2D eigenvalue weighted by Gasteiger charge is -2.12. The molecule has 0 aromatic carbocycles. The molecule has 1 heterocycles. The van der Waals surface area contributed by atoms with E-state index in [1.807, 2.05) is 6.07 Å². The largest absolute Gasteiger partial charge is 0.490 e. The standard InChI is InChI=1S/C10H13BBrNO2/c12-10-9(7-3-1-2-4-7)5-8(6-13-10)11(14)15/h5-7,14-15H,1-4H2. The van der Waals surface area contributed by atoms with Crippen molar-refractivity contribution < 1.29 is 10.0 Å². The van der Waals surface area contributed by atoms with E-state index in [0.717, 1.165) is 10.2 Å². The Morgan fingerprint density at radius 1 is 1.33 bits per heavy atom. The van der Waals surface area contributed by atoms with Crippen molar-refractivity contribution in [1.82, 2.24) is 4.98 Å². The van der Waals surface area contributed by atoms with Crippen LogP contribution in [0.1, 0.15) is 37.2 Å². The van der Waals surface area contributed by atoms with Gasteiger partial charge in [0.2, 0.25) is 0 Å². The Labute approximate surface area is 97.8 Å². The molecule has 15 heavy (non-hydrogen) atoms. The van der Waals surface area contributed by atoms with Gasteiger partial charge in [0, 0.05) is 11.7 Å². The molecule has 0 bridgehead atoms. The van der Waals surface area contributed by atoms with E-state index in [4.69, 9.17) is 10.0 Å². The first kappa shape index (κ1) is 11.1. The van der Waals surface area contributed by atoms with Gasteiger partial charge in [0.1, 0.15) is 4.60 Å². The fourth-order valence-electron chi connectivity index (χ4n) is 2.15. The highest BCUT2D eigenvalue weighted by molar-refractivity contribution is 9.10. The summed E-state index contributed by atoms with van der Waals surface area (Å²) >= 11 is 3.42. The summed E-state index contributed by atoms with van der Waals surface area (Å²) in [5, 5.41) is 18.2. The molecule has 80 valence electrons. The summed E-state index contributed by atoms with van der Waals surface area (Å²) in [5.74, 6) is 0.519. The van der Waals surface area contributed by atoms with E-state index in [9.17, 15) is 0 Å². The Hall–Kier alpha value is -0.385. The molecule has 1 fully saturated rings. The van der Waals surface area contributed by atoms with E-state index in [2.05, 4.69) is 20.9 Å². The predicted octanol–water partition coefficient (Wildman–Crippen LogP) is 1.18. The number of nitrogens with zero attached hydrogens (tertiary/aromatic N) is 1. The number of rotatable bonds is 2. The minimum Gasteiger partial charge on any atom is -0.423 e. The van der Waals surface area contributed by atoms with E-state index in [1.165, 1.54) is 31.9 Å². The maximum Gasteiger partial charge on any atom is 0.490 e. The molecule has 3 nitrogen and oxygen atoms in total. The zero-order chi connectivity index (χ0) is 10.8. The predicted molar refractivity (Wildman–Crippen MR) is 63.0 cm³/mol. The number of halogens is 1. The molecule has 1 aliphatic rings. The molecule has 0 unspecified atom stereocenters. The number of hydrogen-bond acceptors (Lipinski definition) is 3. The van der Waals surface area contributed by atoms with Crippen molar-refractivity contribution in [2.24, 2.45) is 0 Å². The fraction of sp³-hybridized carbons (Fsp3) is 0.500. The summed E-state index contributed by atoms with van der Waals surface area (Å²) in [5.41, 5.74) is 1.58. The third kappa shape index (κ3) is 2.41. The van der Waals surface area contributed by atoms with Gasteiger partial charge in [-0.3, -0.25) is 0 Å². The van der Waals surface area contributed by atoms with Crippen molar-refractivity contribution in [2.75, 3.05) is 0 Å². The van der Waals surface area contributed by atoms with Crippen LogP contribution in [0.15, 0.2) is 16.9 Å². The van der Waals surface area contributed by atoms with Gasteiger partial charge in [-0.25, -0.2) is 4.98 Å². The summed E-state index contributed by atoms with van der Waals surface area (Å²) in [4.78, 5) is 4.14. The monoisotopic (exact) mass is 269 g/mol. The SMILES string of the molecule is OB(O)c1cnc(Br)c(C2CCCC2)c1. The molecule has 0 aliphatic heterocycles. The molecule has 1 aromatic rings. The van der Waals surface area contributed by atoms with Crippen LogP contribution in [0.4, 0.5) is 0 Å². The number of pyridine rings is 1. The smallest absolute Gasteiger partial charge is 0.423 e. The van der Waals surface area contributed by atoms with Crippen molar-refractivity contribution in [2.45, 2.75) is 31.6 Å². The minimum absolute atomic E-state index is 0.472. The summed E-state index contributed by atoms with van der Waals surface area (Å²) in [6.07, 6.45) is 6.34. The van der Waals surface area contributed by atoms with Gasteiger partial charge < -0.3 is 10.0 Å². The third-order valence-corrected chi connectivity index (χ3v) is 3.64. The maximum absolute atomic E-state index is 9.08. The molecule has 0 amide bonds. The molecule has 1 aromatic heterocycles. The average Bonchev–Trinajstić information content (AvgIpc) is 2.71. The van der Waals surface area contributed by atoms with Crippen LogP contribution in [0.25, 0.3) is 0 Å². The zero-order valence-corrected chi connectivity index (χ0v) is 9.94. The molecule has 2 rings (SSSR count). The Morgan fingerprint density at radius 3 is 2.60 bits per heavy atom. The fourth-order valence-corrected chi connectivity index (χ4v) is 2.69. The maximum atomic E-state index is 9.08. The highest BCUT2D eigenvalue weighted by atomic mass is 79.9. The van der Waals surface area contributed by atoms with Crippen molar-refractivity contribution in [3.63, 3.8) is 0 Å². The molecule has 1 aliphatic carbocycles. The minimum atomic E-state index is -1.43. The van der Waals surface area contributed by atoms with Crippen LogP contribution in [0.3, 0.4) is 0 Å². The number of aromatic nitrogens is 1. The van der Waals surface area contributed by atoms with Gasteiger partial charge in [-0.15, -0.1) is 0 Å². The van der Waals surface area contributed by atoms with Crippen LogP contribution in [0.2, 0.25) is 0 Å². The normalized spacial score (nSPS) is 17.0. The van der Waals surface area contributed by atoms with E-state index in [-0.39, 0.29) is 0 Å². The van der Waals surface area contributed by atoms with Crippen LogP contribution >= 0.6 is 15.9 Å².